The predicted octanol–water partition coefficient (Wildman–Crippen LogP) is 2.80. The van der Waals surface area contributed by atoms with Gasteiger partial charge in [-0.3, -0.25) is 0 Å². The number of aromatic nitrogens is 1. The quantitative estimate of drug-likeness (QED) is 0.721. The van der Waals surface area contributed by atoms with E-state index in [4.69, 9.17) is 9.47 Å². The van der Waals surface area contributed by atoms with Gasteiger partial charge in [0.1, 0.15) is 0 Å². The molecule has 1 N–H and O–H groups in total. The zero-order valence-electron chi connectivity index (χ0n) is 13.3. The number of hydrogen-bond acceptors (Lipinski definition) is 3. The van der Waals surface area contributed by atoms with Gasteiger partial charge in [0.25, 0.3) is 0 Å². The van der Waals surface area contributed by atoms with E-state index >= 15 is 0 Å². The van der Waals surface area contributed by atoms with Crippen LogP contribution in [0.2, 0.25) is 0 Å². The van der Waals surface area contributed by atoms with Crippen LogP contribution < -0.4 is 5.32 Å². The summed E-state index contributed by atoms with van der Waals surface area (Å²) in [5.41, 5.74) is 2.59. The first-order chi connectivity index (χ1) is 10.2. The van der Waals surface area contributed by atoms with Crippen LogP contribution in [0.3, 0.4) is 0 Å². The molecule has 1 aromatic carbocycles. The molecule has 0 fully saturated rings. The third-order valence-corrected chi connectivity index (χ3v) is 3.46. The molecule has 0 aliphatic heterocycles. The standard InChI is InChI=1S/C17H26N2O2/c1-14(2)18-13-15-4-5-17-16(12-15)6-7-19(17)8-9-21-11-10-20-3/h4-7,12,14,18H,8-11,13H2,1-3H3. The highest BCUT2D eigenvalue weighted by Gasteiger charge is 2.03. The van der Waals surface area contributed by atoms with E-state index in [1.165, 1.54) is 16.5 Å². The first-order valence-electron chi connectivity index (χ1n) is 7.58. The van der Waals surface area contributed by atoms with Crippen molar-refractivity contribution in [3.05, 3.63) is 36.0 Å². The Balaban J connectivity index is 1.93. The minimum Gasteiger partial charge on any atom is -0.382 e. The Morgan fingerprint density at radius 1 is 1.14 bits per heavy atom. The van der Waals surface area contributed by atoms with Crippen molar-refractivity contribution in [1.82, 2.24) is 9.88 Å². The molecule has 1 heterocycles. The summed E-state index contributed by atoms with van der Waals surface area (Å²) < 4.78 is 12.7. The van der Waals surface area contributed by atoms with Gasteiger partial charge in [-0.1, -0.05) is 19.9 Å². The summed E-state index contributed by atoms with van der Waals surface area (Å²) in [6.07, 6.45) is 2.13. The Hall–Kier alpha value is -1.36. The maximum absolute atomic E-state index is 5.53. The van der Waals surface area contributed by atoms with Crippen LogP contribution in [0.15, 0.2) is 30.5 Å². The van der Waals surface area contributed by atoms with Crippen molar-refractivity contribution in [1.29, 1.82) is 0 Å². The topological polar surface area (TPSA) is 35.4 Å². The third-order valence-electron chi connectivity index (χ3n) is 3.46. The second-order valence-corrected chi connectivity index (χ2v) is 5.54. The van der Waals surface area contributed by atoms with Gasteiger partial charge in [0.05, 0.1) is 19.8 Å². The van der Waals surface area contributed by atoms with Crippen molar-refractivity contribution < 1.29 is 9.47 Å². The highest BCUT2D eigenvalue weighted by molar-refractivity contribution is 5.80. The monoisotopic (exact) mass is 290 g/mol. The molecule has 0 radical (unpaired) electrons. The molecule has 0 saturated heterocycles. The molecule has 0 amide bonds. The molecular formula is C17H26N2O2. The summed E-state index contributed by atoms with van der Waals surface area (Å²) in [4.78, 5) is 0. The number of benzene rings is 1. The molecule has 0 aliphatic carbocycles. The Morgan fingerprint density at radius 3 is 2.76 bits per heavy atom. The Kier molecular flexibility index (Phi) is 6.23. The molecule has 116 valence electrons. The molecule has 0 aliphatic rings. The van der Waals surface area contributed by atoms with E-state index in [0.29, 0.717) is 25.9 Å². The van der Waals surface area contributed by atoms with Gasteiger partial charge in [-0.05, 0) is 29.1 Å². The molecule has 1 aromatic heterocycles. The van der Waals surface area contributed by atoms with E-state index in [1.807, 2.05) is 0 Å². The normalized spacial score (nSPS) is 11.6. The molecule has 0 saturated carbocycles. The zero-order chi connectivity index (χ0) is 15.1. The minimum atomic E-state index is 0.509. The van der Waals surface area contributed by atoms with E-state index in [-0.39, 0.29) is 0 Å². The SMILES string of the molecule is COCCOCCn1ccc2cc(CNC(C)C)ccc21. The molecule has 2 rings (SSSR count). The minimum absolute atomic E-state index is 0.509. The fourth-order valence-corrected chi connectivity index (χ4v) is 2.28. The Bertz CT molecular complexity index is 549. The second-order valence-electron chi connectivity index (χ2n) is 5.54. The van der Waals surface area contributed by atoms with E-state index in [2.05, 4.69) is 54.2 Å². The van der Waals surface area contributed by atoms with Crippen molar-refractivity contribution in [2.75, 3.05) is 26.9 Å². The smallest absolute Gasteiger partial charge is 0.0701 e. The van der Waals surface area contributed by atoms with Crippen molar-refractivity contribution in [2.45, 2.75) is 33.0 Å². The largest absolute Gasteiger partial charge is 0.382 e. The van der Waals surface area contributed by atoms with Gasteiger partial charge in [-0.15, -0.1) is 0 Å². The molecule has 2 aromatic rings. The highest BCUT2D eigenvalue weighted by atomic mass is 16.5. The number of methoxy groups -OCH3 is 1. The van der Waals surface area contributed by atoms with Crippen LogP contribution in [0.25, 0.3) is 10.9 Å². The lowest BCUT2D eigenvalue weighted by atomic mass is 10.1. The van der Waals surface area contributed by atoms with E-state index < -0.39 is 0 Å². The predicted molar refractivity (Wildman–Crippen MR) is 86.6 cm³/mol. The average Bonchev–Trinajstić information content (AvgIpc) is 2.87. The van der Waals surface area contributed by atoms with Crippen LogP contribution in [0, 0.1) is 0 Å². The first-order valence-corrected chi connectivity index (χ1v) is 7.58. The Morgan fingerprint density at radius 2 is 2.00 bits per heavy atom. The van der Waals surface area contributed by atoms with Crippen molar-refractivity contribution in [3.63, 3.8) is 0 Å². The van der Waals surface area contributed by atoms with Crippen LogP contribution >= 0.6 is 0 Å². The number of nitrogens with one attached hydrogen (secondary N) is 1. The number of fused-ring (bicyclic) bond motifs is 1. The number of nitrogens with zero attached hydrogens (tertiary/aromatic N) is 1. The first kappa shape index (κ1) is 16.0. The van der Waals surface area contributed by atoms with Crippen LogP contribution in [0.5, 0.6) is 0 Å². The second kappa shape index (κ2) is 8.17. The van der Waals surface area contributed by atoms with Crippen LogP contribution in [0.4, 0.5) is 0 Å². The van der Waals surface area contributed by atoms with E-state index in [0.717, 1.165) is 13.1 Å². The van der Waals surface area contributed by atoms with Gasteiger partial charge < -0.3 is 19.4 Å². The van der Waals surface area contributed by atoms with Crippen molar-refractivity contribution in [3.8, 4) is 0 Å². The maximum Gasteiger partial charge on any atom is 0.0701 e. The fraction of sp³-hybridized carbons (Fsp3) is 0.529. The van der Waals surface area contributed by atoms with Crippen molar-refractivity contribution in [2.24, 2.45) is 0 Å². The van der Waals surface area contributed by atoms with Gasteiger partial charge in [-0.25, -0.2) is 0 Å². The van der Waals surface area contributed by atoms with E-state index in [1.54, 1.807) is 7.11 Å². The van der Waals surface area contributed by atoms with Gasteiger partial charge in [0.15, 0.2) is 0 Å². The molecule has 0 unspecified atom stereocenters. The average molecular weight is 290 g/mol. The third kappa shape index (κ3) is 4.84. The van der Waals surface area contributed by atoms with Gasteiger partial charge in [0.2, 0.25) is 0 Å². The summed E-state index contributed by atoms with van der Waals surface area (Å²) >= 11 is 0. The van der Waals surface area contributed by atoms with Gasteiger partial charge in [0, 0.05) is 38.0 Å². The summed E-state index contributed by atoms with van der Waals surface area (Å²) in [5, 5.41) is 4.74. The Labute approximate surface area is 127 Å². The maximum atomic E-state index is 5.53. The molecule has 0 bridgehead atoms. The molecule has 21 heavy (non-hydrogen) atoms. The molecule has 0 atom stereocenters. The lowest BCUT2D eigenvalue weighted by molar-refractivity contribution is 0.0670. The number of hydrogen-bond donors (Lipinski definition) is 1. The number of ether oxygens (including phenoxy) is 2. The van der Waals surface area contributed by atoms with E-state index in [9.17, 15) is 0 Å². The molecule has 0 spiro atoms. The lowest BCUT2D eigenvalue weighted by Crippen LogP contribution is -2.21. The molecule has 4 nitrogen and oxygen atoms in total. The number of rotatable bonds is 9. The van der Waals surface area contributed by atoms with Gasteiger partial charge in [-0.2, -0.15) is 0 Å². The summed E-state index contributed by atoms with van der Waals surface area (Å²) in [5.74, 6) is 0. The van der Waals surface area contributed by atoms with Crippen molar-refractivity contribution >= 4 is 10.9 Å². The summed E-state index contributed by atoms with van der Waals surface area (Å²) in [6, 6.07) is 9.33. The van der Waals surface area contributed by atoms with Crippen LogP contribution in [0.1, 0.15) is 19.4 Å². The summed E-state index contributed by atoms with van der Waals surface area (Å²) in [7, 11) is 1.69. The molecule has 4 heteroatoms. The zero-order valence-corrected chi connectivity index (χ0v) is 13.3. The lowest BCUT2D eigenvalue weighted by Gasteiger charge is -2.09. The fourth-order valence-electron chi connectivity index (χ4n) is 2.28. The highest BCUT2D eigenvalue weighted by Crippen LogP contribution is 2.17. The van der Waals surface area contributed by atoms with Crippen LogP contribution in [-0.2, 0) is 22.6 Å². The molecular weight excluding hydrogens is 264 g/mol. The van der Waals surface area contributed by atoms with Crippen LogP contribution in [-0.4, -0.2) is 37.5 Å². The summed E-state index contributed by atoms with van der Waals surface area (Å²) in [6.45, 7) is 8.13. The van der Waals surface area contributed by atoms with Gasteiger partial charge >= 0.3 is 0 Å².